The first kappa shape index (κ1) is 18.1. The van der Waals surface area contributed by atoms with Crippen molar-refractivity contribution >= 4 is 17.3 Å². The average Bonchev–Trinajstić information content (AvgIpc) is 3.22. The Morgan fingerprint density at radius 1 is 1.07 bits per heavy atom. The average molecular weight is 373 g/mol. The molecule has 0 aliphatic heterocycles. The van der Waals surface area contributed by atoms with Gasteiger partial charge in [0.15, 0.2) is 0 Å². The molecule has 0 amide bonds. The largest absolute Gasteiger partial charge is 0.388 e. The standard InChI is InChI=1S/C22H23N5O/c1-2-18-14-21(27-22(26-18)23-15-24-27)25-19-10-6-7-16(13-19)11-12-20(28)17-8-4-3-5-9-17/h3-10,13-15,20,25,28H,2,11-12H2,1H3. The van der Waals surface area contributed by atoms with Crippen LogP contribution >= 0.6 is 0 Å². The number of nitrogens with one attached hydrogen (secondary N) is 1. The van der Waals surface area contributed by atoms with Crippen molar-refractivity contribution in [2.75, 3.05) is 5.32 Å². The van der Waals surface area contributed by atoms with Crippen LogP contribution in [0.2, 0.25) is 0 Å². The summed E-state index contributed by atoms with van der Waals surface area (Å²) in [5.74, 6) is 1.42. The summed E-state index contributed by atoms with van der Waals surface area (Å²) in [5, 5.41) is 18.1. The Bertz CT molecular complexity index is 1060. The lowest BCUT2D eigenvalue weighted by Crippen LogP contribution is -2.04. The first-order chi connectivity index (χ1) is 13.7. The topological polar surface area (TPSA) is 75.3 Å². The van der Waals surface area contributed by atoms with Gasteiger partial charge in [-0.3, -0.25) is 0 Å². The Kier molecular flexibility index (Phi) is 5.30. The molecule has 2 aromatic heterocycles. The second kappa shape index (κ2) is 8.19. The van der Waals surface area contributed by atoms with Crippen molar-refractivity contribution < 1.29 is 5.11 Å². The molecule has 2 heterocycles. The fourth-order valence-corrected chi connectivity index (χ4v) is 3.23. The lowest BCUT2D eigenvalue weighted by molar-refractivity contribution is 0.168. The van der Waals surface area contributed by atoms with Gasteiger partial charge in [0.2, 0.25) is 0 Å². The van der Waals surface area contributed by atoms with E-state index in [-0.39, 0.29) is 0 Å². The number of hydrogen-bond acceptors (Lipinski definition) is 5. The zero-order valence-corrected chi connectivity index (χ0v) is 15.8. The van der Waals surface area contributed by atoms with E-state index in [2.05, 4.69) is 39.4 Å². The highest BCUT2D eigenvalue weighted by Crippen LogP contribution is 2.22. The van der Waals surface area contributed by atoms with Gasteiger partial charge in [0.1, 0.15) is 12.1 Å². The number of aliphatic hydroxyl groups excluding tert-OH is 1. The molecule has 6 nitrogen and oxygen atoms in total. The van der Waals surface area contributed by atoms with Crippen molar-refractivity contribution in [1.29, 1.82) is 0 Å². The first-order valence-electron chi connectivity index (χ1n) is 9.51. The third kappa shape index (κ3) is 4.02. The molecule has 0 aliphatic carbocycles. The maximum Gasteiger partial charge on any atom is 0.254 e. The van der Waals surface area contributed by atoms with E-state index in [0.29, 0.717) is 12.2 Å². The molecular formula is C22H23N5O. The van der Waals surface area contributed by atoms with Crippen LogP contribution in [0, 0.1) is 0 Å². The Morgan fingerprint density at radius 3 is 2.75 bits per heavy atom. The molecule has 0 spiro atoms. The summed E-state index contributed by atoms with van der Waals surface area (Å²) < 4.78 is 1.70. The van der Waals surface area contributed by atoms with Crippen molar-refractivity contribution in [2.24, 2.45) is 0 Å². The third-order valence-electron chi connectivity index (χ3n) is 4.76. The van der Waals surface area contributed by atoms with Crippen molar-refractivity contribution in [2.45, 2.75) is 32.3 Å². The lowest BCUT2D eigenvalue weighted by Gasteiger charge is -2.13. The van der Waals surface area contributed by atoms with Crippen LogP contribution in [0.1, 0.15) is 36.3 Å². The molecule has 0 saturated heterocycles. The summed E-state index contributed by atoms with van der Waals surface area (Å²) in [5.41, 5.74) is 4.05. The number of nitrogens with zero attached hydrogens (tertiary/aromatic N) is 4. The zero-order chi connectivity index (χ0) is 19.3. The minimum Gasteiger partial charge on any atom is -0.388 e. The number of anilines is 2. The van der Waals surface area contributed by atoms with Crippen LogP contribution < -0.4 is 5.32 Å². The number of benzene rings is 2. The van der Waals surface area contributed by atoms with Gasteiger partial charge >= 0.3 is 0 Å². The molecular weight excluding hydrogens is 350 g/mol. The van der Waals surface area contributed by atoms with Crippen LogP contribution in [0.5, 0.6) is 0 Å². The number of rotatable bonds is 7. The molecule has 0 fully saturated rings. The highest BCUT2D eigenvalue weighted by Gasteiger charge is 2.09. The van der Waals surface area contributed by atoms with Gasteiger partial charge < -0.3 is 10.4 Å². The highest BCUT2D eigenvalue weighted by atomic mass is 16.3. The minimum absolute atomic E-state index is 0.458. The summed E-state index contributed by atoms with van der Waals surface area (Å²) in [4.78, 5) is 8.67. The van der Waals surface area contributed by atoms with E-state index < -0.39 is 6.10 Å². The van der Waals surface area contributed by atoms with E-state index in [1.165, 1.54) is 11.9 Å². The monoisotopic (exact) mass is 373 g/mol. The molecule has 6 heteroatoms. The van der Waals surface area contributed by atoms with Gasteiger partial charge in [-0.15, -0.1) is 0 Å². The molecule has 0 radical (unpaired) electrons. The van der Waals surface area contributed by atoms with Crippen LogP contribution in [0.3, 0.4) is 0 Å². The van der Waals surface area contributed by atoms with Gasteiger partial charge in [-0.2, -0.15) is 14.6 Å². The molecule has 142 valence electrons. The number of aromatic nitrogens is 4. The van der Waals surface area contributed by atoms with Crippen molar-refractivity contribution in [3.8, 4) is 0 Å². The SMILES string of the molecule is CCc1cc(Nc2cccc(CCC(O)c3ccccc3)c2)n2ncnc2n1. The van der Waals surface area contributed by atoms with E-state index in [4.69, 9.17) is 0 Å². The molecule has 4 rings (SSSR count). The molecule has 1 atom stereocenters. The quantitative estimate of drug-likeness (QED) is 0.510. The molecule has 4 aromatic rings. The second-order valence-electron chi connectivity index (χ2n) is 6.75. The van der Waals surface area contributed by atoms with Crippen LogP contribution in [0.15, 0.2) is 67.0 Å². The maximum atomic E-state index is 10.4. The molecule has 28 heavy (non-hydrogen) atoms. The van der Waals surface area contributed by atoms with E-state index in [1.54, 1.807) is 4.52 Å². The fourth-order valence-electron chi connectivity index (χ4n) is 3.23. The van der Waals surface area contributed by atoms with E-state index in [9.17, 15) is 5.11 Å². The summed E-state index contributed by atoms with van der Waals surface area (Å²) in [6.07, 6.45) is 3.35. The Labute approximate surface area is 163 Å². The van der Waals surface area contributed by atoms with E-state index in [1.807, 2.05) is 48.5 Å². The van der Waals surface area contributed by atoms with Crippen LogP contribution in [0.25, 0.3) is 5.78 Å². The maximum absolute atomic E-state index is 10.4. The summed E-state index contributed by atoms with van der Waals surface area (Å²) >= 11 is 0. The summed E-state index contributed by atoms with van der Waals surface area (Å²) in [6.45, 7) is 2.07. The molecule has 2 N–H and O–H groups in total. The summed E-state index contributed by atoms with van der Waals surface area (Å²) in [7, 11) is 0. The first-order valence-corrected chi connectivity index (χ1v) is 9.51. The Balaban J connectivity index is 1.49. The van der Waals surface area contributed by atoms with Crippen molar-refractivity contribution in [1.82, 2.24) is 19.6 Å². The lowest BCUT2D eigenvalue weighted by atomic mass is 10.0. The normalized spacial score (nSPS) is 12.2. The molecule has 0 saturated carbocycles. The van der Waals surface area contributed by atoms with E-state index >= 15 is 0 Å². The van der Waals surface area contributed by atoms with Crippen LogP contribution in [-0.2, 0) is 12.8 Å². The molecule has 0 aliphatic rings. The third-order valence-corrected chi connectivity index (χ3v) is 4.76. The smallest absolute Gasteiger partial charge is 0.254 e. The molecule has 1 unspecified atom stereocenters. The Morgan fingerprint density at radius 2 is 1.93 bits per heavy atom. The van der Waals surface area contributed by atoms with Gasteiger partial charge in [-0.05, 0) is 42.5 Å². The number of aliphatic hydroxyl groups is 1. The van der Waals surface area contributed by atoms with Crippen molar-refractivity contribution in [3.05, 3.63) is 83.8 Å². The number of hydrogen-bond donors (Lipinski definition) is 2. The highest BCUT2D eigenvalue weighted by molar-refractivity contribution is 5.59. The number of aryl methyl sites for hydroxylation is 2. The predicted octanol–water partition coefficient (Wildman–Crippen LogP) is 4.10. The molecule has 0 bridgehead atoms. The minimum atomic E-state index is -0.458. The Hall–Kier alpha value is -3.25. The number of fused-ring (bicyclic) bond motifs is 1. The van der Waals surface area contributed by atoms with Crippen molar-refractivity contribution in [3.63, 3.8) is 0 Å². The summed E-state index contributed by atoms with van der Waals surface area (Å²) in [6, 6.07) is 20.0. The van der Waals surface area contributed by atoms with Crippen LogP contribution in [0.4, 0.5) is 11.5 Å². The van der Waals surface area contributed by atoms with Gasteiger partial charge in [-0.25, -0.2) is 4.98 Å². The van der Waals surface area contributed by atoms with Gasteiger partial charge in [0.05, 0.1) is 6.10 Å². The van der Waals surface area contributed by atoms with Gasteiger partial charge in [-0.1, -0.05) is 49.4 Å². The van der Waals surface area contributed by atoms with Crippen LogP contribution in [-0.4, -0.2) is 24.7 Å². The fraction of sp³-hybridized carbons (Fsp3) is 0.227. The molecule has 2 aromatic carbocycles. The zero-order valence-electron chi connectivity index (χ0n) is 15.8. The van der Waals surface area contributed by atoms with Gasteiger partial charge in [0, 0.05) is 17.4 Å². The predicted molar refractivity (Wildman–Crippen MR) is 110 cm³/mol. The second-order valence-corrected chi connectivity index (χ2v) is 6.75. The van der Waals surface area contributed by atoms with E-state index in [0.717, 1.165) is 35.6 Å². The van der Waals surface area contributed by atoms with Gasteiger partial charge in [0.25, 0.3) is 5.78 Å².